The minimum atomic E-state index is -0.132. The third-order valence-corrected chi connectivity index (χ3v) is 5.43. The van der Waals surface area contributed by atoms with Crippen molar-refractivity contribution in [3.8, 4) is 5.75 Å². The highest BCUT2D eigenvalue weighted by Crippen LogP contribution is 2.27. The lowest BCUT2D eigenvalue weighted by Gasteiger charge is -2.29. The summed E-state index contributed by atoms with van der Waals surface area (Å²) in [5.41, 5.74) is 1.48. The van der Waals surface area contributed by atoms with Gasteiger partial charge >= 0.3 is 0 Å². The maximum absolute atomic E-state index is 13.2. The van der Waals surface area contributed by atoms with Gasteiger partial charge in [0.15, 0.2) is 0 Å². The van der Waals surface area contributed by atoms with Crippen LogP contribution in [0.4, 0.5) is 0 Å². The predicted octanol–water partition coefficient (Wildman–Crippen LogP) is 2.09. The summed E-state index contributed by atoms with van der Waals surface area (Å²) >= 11 is 0. The zero-order chi connectivity index (χ0) is 18.6. The van der Waals surface area contributed by atoms with Gasteiger partial charge in [0.2, 0.25) is 5.91 Å². The zero-order valence-electron chi connectivity index (χ0n) is 15.6. The Labute approximate surface area is 159 Å². The molecule has 3 aliphatic heterocycles. The SMILES string of the molecule is O=C(CN(C[C@@H]1CCCO1)C(=O)C1=Cc2ccccc2OC1)N1CCCC1. The van der Waals surface area contributed by atoms with Crippen molar-refractivity contribution < 1.29 is 19.1 Å². The molecule has 0 unspecified atom stereocenters. The number of hydrogen-bond acceptors (Lipinski definition) is 4. The van der Waals surface area contributed by atoms with Gasteiger partial charge in [0.1, 0.15) is 18.9 Å². The molecule has 1 aromatic rings. The molecule has 2 fully saturated rings. The van der Waals surface area contributed by atoms with Crippen LogP contribution in [0.15, 0.2) is 29.8 Å². The van der Waals surface area contributed by atoms with Gasteiger partial charge in [-0.05, 0) is 37.8 Å². The van der Waals surface area contributed by atoms with Crippen molar-refractivity contribution in [1.82, 2.24) is 9.80 Å². The minimum absolute atomic E-state index is 0.0118. The number of amides is 2. The van der Waals surface area contributed by atoms with Crippen molar-refractivity contribution in [2.75, 3.05) is 39.4 Å². The molecule has 6 nitrogen and oxygen atoms in total. The van der Waals surface area contributed by atoms with Crippen LogP contribution in [0.3, 0.4) is 0 Å². The smallest absolute Gasteiger partial charge is 0.253 e. The maximum atomic E-state index is 13.2. The number of para-hydroxylation sites is 1. The van der Waals surface area contributed by atoms with E-state index in [-0.39, 0.29) is 31.1 Å². The lowest BCUT2D eigenvalue weighted by atomic mass is 10.1. The Balaban J connectivity index is 1.51. The number of carbonyl (C=O) groups is 2. The number of benzene rings is 1. The van der Waals surface area contributed by atoms with E-state index in [1.54, 1.807) is 4.90 Å². The Morgan fingerprint density at radius 2 is 1.96 bits per heavy atom. The Bertz CT molecular complexity index is 733. The lowest BCUT2D eigenvalue weighted by molar-refractivity contribution is -0.139. The second-order valence-electron chi connectivity index (χ2n) is 7.40. The fourth-order valence-corrected chi connectivity index (χ4v) is 3.93. The topological polar surface area (TPSA) is 59.1 Å². The lowest BCUT2D eigenvalue weighted by Crippen LogP contribution is -2.46. The first-order chi connectivity index (χ1) is 13.2. The second-order valence-corrected chi connectivity index (χ2v) is 7.40. The predicted molar refractivity (Wildman–Crippen MR) is 101 cm³/mol. The summed E-state index contributed by atoms with van der Waals surface area (Å²) in [5, 5.41) is 0. The summed E-state index contributed by atoms with van der Waals surface area (Å²) < 4.78 is 11.5. The van der Waals surface area contributed by atoms with E-state index in [1.165, 1.54) is 0 Å². The van der Waals surface area contributed by atoms with Crippen molar-refractivity contribution in [3.63, 3.8) is 0 Å². The van der Waals surface area contributed by atoms with Crippen LogP contribution in [0.2, 0.25) is 0 Å². The number of hydrogen-bond donors (Lipinski definition) is 0. The van der Waals surface area contributed by atoms with E-state index < -0.39 is 0 Å². The fraction of sp³-hybridized carbons (Fsp3) is 0.524. The van der Waals surface area contributed by atoms with Crippen molar-refractivity contribution in [3.05, 3.63) is 35.4 Å². The van der Waals surface area contributed by atoms with Gasteiger partial charge in [0.05, 0.1) is 11.7 Å². The van der Waals surface area contributed by atoms with Crippen LogP contribution in [-0.4, -0.2) is 67.1 Å². The van der Waals surface area contributed by atoms with Gasteiger partial charge < -0.3 is 19.3 Å². The molecule has 3 aliphatic rings. The van der Waals surface area contributed by atoms with E-state index in [2.05, 4.69) is 0 Å². The van der Waals surface area contributed by atoms with Gasteiger partial charge in [-0.1, -0.05) is 18.2 Å². The summed E-state index contributed by atoms with van der Waals surface area (Å²) in [5.74, 6) is 0.678. The largest absolute Gasteiger partial charge is 0.488 e. The van der Waals surface area contributed by atoms with Crippen molar-refractivity contribution in [2.24, 2.45) is 0 Å². The van der Waals surface area contributed by atoms with Crippen LogP contribution in [0.1, 0.15) is 31.2 Å². The molecule has 144 valence electrons. The molecule has 2 amide bonds. The average Bonchev–Trinajstić information content (AvgIpc) is 3.40. The normalized spacial score (nSPS) is 21.4. The fourth-order valence-electron chi connectivity index (χ4n) is 3.93. The first-order valence-corrected chi connectivity index (χ1v) is 9.82. The maximum Gasteiger partial charge on any atom is 0.253 e. The molecule has 6 heteroatoms. The summed E-state index contributed by atoms with van der Waals surface area (Å²) in [7, 11) is 0. The van der Waals surface area contributed by atoms with E-state index in [1.807, 2.05) is 35.2 Å². The first-order valence-electron chi connectivity index (χ1n) is 9.82. The average molecular weight is 370 g/mol. The van der Waals surface area contributed by atoms with Crippen molar-refractivity contribution in [2.45, 2.75) is 31.8 Å². The summed E-state index contributed by atoms with van der Waals surface area (Å²) in [6.07, 6.45) is 5.91. The Morgan fingerprint density at radius 3 is 2.74 bits per heavy atom. The molecule has 0 spiro atoms. The van der Waals surface area contributed by atoms with E-state index in [0.29, 0.717) is 12.1 Å². The van der Waals surface area contributed by atoms with Gasteiger partial charge in [-0.3, -0.25) is 9.59 Å². The number of likely N-dealkylation sites (tertiary alicyclic amines) is 1. The molecule has 2 saturated heterocycles. The second kappa shape index (κ2) is 8.13. The Hall–Kier alpha value is -2.34. The number of ether oxygens (including phenoxy) is 2. The third-order valence-electron chi connectivity index (χ3n) is 5.43. The molecule has 27 heavy (non-hydrogen) atoms. The molecule has 1 atom stereocenters. The summed E-state index contributed by atoms with van der Waals surface area (Å²) in [6.45, 7) is 3.11. The van der Waals surface area contributed by atoms with Gasteiger partial charge in [0.25, 0.3) is 5.91 Å². The Kier molecular flexibility index (Phi) is 5.43. The highest BCUT2D eigenvalue weighted by Gasteiger charge is 2.29. The standard InChI is InChI=1S/C21H26N2O4/c24-20(22-9-3-4-10-22)14-23(13-18-7-5-11-26-18)21(25)17-12-16-6-1-2-8-19(16)27-15-17/h1-2,6,8,12,18H,3-5,7,9-11,13-15H2/t18-/m0/s1. The molecule has 0 bridgehead atoms. The van der Waals surface area contributed by atoms with Gasteiger partial charge in [0, 0.05) is 31.8 Å². The number of nitrogens with zero attached hydrogens (tertiary/aromatic N) is 2. The van der Waals surface area contributed by atoms with Crippen LogP contribution in [-0.2, 0) is 14.3 Å². The highest BCUT2D eigenvalue weighted by atomic mass is 16.5. The van der Waals surface area contributed by atoms with E-state index in [9.17, 15) is 9.59 Å². The number of carbonyl (C=O) groups excluding carboxylic acids is 2. The van der Waals surface area contributed by atoms with E-state index in [0.717, 1.165) is 56.7 Å². The van der Waals surface area contributed by atoms with Gasteiger partial charge in [-0.25, -0.2) is 0 Å². The molecular weight excluding hydrogens is 344 g/mol. The molecule has 1 aromatic carbocycles. The van der Waals surface area contributed by atoms with Gasteiger partial charge in [-0.2, -0.15) is 0 Å². The monoisotopic (exact) mass is 370 g/mol. The summed E-state index contributed by atoms with van der Waals surface area (Å²) in [6, 6.07) is 7.67. The van der Waals surface area contributed by atoms with Crippen LogP contribution < -0.4 is 4.74 Å². The number of fused-ring (bicyclic) bond motifs is 1. The van der Waals surface area contributed by atoms with E-state index in [4.69, 9.17) is 9.47 Å². The first kappa shape index (κ1) is 18.0. The molecule has 0 N–H and O–H groups in total. The van der Waals surface area contributed by atoms with E-state index >= 15 is 0 Å². The molecule has 4 rings (SSSR count). The highest BCUT2D eigenvalue weighted by molar-refractivity contribution is 6.00. The molecule has 0 aromatic heterocycles. The summed E-state index contributed by atoms with van der Waals surface area (Å²) in [4.78, 5) is 29.4. The van der Waals surface area contributed by atoms with Gasteiger partial charge in [-0.15, -0.1) is 0 Å². The Morgan fingerprint density at radius 1 is 1.15 bits per heavy atom. The number of rotatable bonds is 5. The quantitative estimate of drug-likeness (QED) is 0.796. The molecular formula is C21H26N2O4. The molecule has 3 heterocycles. The minimum Gasteiger partial charge on any atom is -0.488 e. The zero-order valence-corrected chi connectivity index (χ0v) is 15.6. The van der Waals surface area contributed by atoms with Crippen LogP contribution in [0.5, 0.6) is 5.75 Å². The van der Waals surface area contributed by atoms with Crippen molar-refractivity contribution >= 4 is 17.9 Å². The third kappa shape index (κ3) is 4.16. The van der Waals surface area contributed by atoms with Crippen LogP contribution >= 0.6 is 0 Å². The van der Waals surface area contributed by atoms with Crippen LogP contribution in [0, 0.1) is 0 Å². The van der Waals surface area contributed by atoms with Crippen molar-refractivity contribution in [1.29, 1.82) is 0 Å². The molecule has 0 aliphatic carbocycles. The molecule has 0 saturated carbocycles. The van der Waals surface area contributed by atoms with Crippen LogP contribution in [0.25, 0.3) is 6.08 Å². The molecule has 0 radical (unpaired) electrons.